The van der Waals surface area contributed by atoms with Gasteiger partial charge < -0.3 is 4.90 Å². The van der Waals surface area contributed by atoms with Gasteiger partial charge >= 0.3 is 0 Å². The summed E-state index contributed by atoms with van der Waals surface area (Å²) in [6, 6.07) is 7.88. The molecule has 0 unspecified atom stereocenters. The fraction of sp³-hybridized carbons (Fsp3) is 0.385. The van der Waals surface area contributed by atoms with Gasteiger partial charge in [0.25, 0.3) is 0 Å². The van der Waals surface area contributed by atoms with Gasteiger partial charge in [0.1, 0.15) is 0 Å². The van der Waals surface area contributed by atoms with Crippen LogP contribution in [0.25, 0.3) is 0 Å². The maximum atomic E-state index is 12.2. The Kier molecular flexibility index (Phi) is 5.75. The number of tetrazole rings is 1. The van der Waals surface area contributed by atoms with E-state index in [9.17, 15) is 4.79 Å². The van der Waals surface area contributed by atoms with Crippen molar-refractivity contribution in [2.45, 2.75) is 25.2 Å². The van der Waals surface area contributed by atoms with Crippen molar-refractivity contribution in [3.8, 4) is 0 Å². The van der Waals surface area contributed by atoms with Gasteiger partial charge in [-0.05, 0) is 29.0 Å². The molecular weight excluding hydrogens is 354 g/mol. The molecule has 1 heterocycles. The first kappa shape index (κ1) is 16.0. The van der Waals surface area contributed by atoms with Crippen molar-refractivity contribution in [2.75, 3.05) is 12.8 Å². The molecule has 0 radical (unpaired) electrons. The monoisotopic (exact) mass is 369 g/mol. The lowest BCUT2D eigenvalue weighted by Gasteiger charge is -2.17. The van der Waals surface area contributed by atoms with Crippen LogP contribution in [0.15, 0.2) is 33.9 Å². The van der Waals surface area contributed by atoms with Gasteiger partial charge in [-0.3, -0.25) is 4.79 Å². The average molecular weight is 370 g/mol. The lowest BCUT2D eigenvalue weighted by molar-refractivity contribution is -0.127. The van der Waals surface area contributed by atoms with Gasteiger partial charge in [0.2, 0.25) is 11.1 Å². The van der Waals surface area contributed by atoms with Crippen molar-refractivity contribution >= 4 is 33.6 Å². The number of carbonyl (C=O) groups is 1. The number of halogens is 1. The van der Waals surface area contributed by atoms with Crippen LogP contribution in [0.3, 0.4) is 0 Å². The first-order valence-corrected chi connectivity index (χ1v) is 8.26. The third-order valence-corrected chi connectivity index (χ3v) is 4.63. The van der Waals surface area contributed by atoms with Gasteiger partial charge in [-0.2, -0.15) is 0 Å². The fourth-order valence-electron chi connectivity index (χ4n) is 1.71. The summed E-state index contributed by atoms with van der Waals surface area (Å²) in [7, 11) is 1.80. The molecule has 0 atom stereocenters. The van der Waals surface area contributed by atoms with Crippen LogP contribution in [-0.2, 0) is 17.9 Å². The highest BCUT2D eigenvalue weighted by atomic mass is 79.9. The van der Waals surface area contributed by atoms with Gasteiger partial charge in [-0.15, -0.1) is 5.10 Å². The number of carbonyl (C=O) groups excluding carboxylic acids is 1. The molecule has 0 saturated heterocycles. The first-order chi connectivity index (χ1) is 10.1. The summed E-state index contributed by atoms with van der Waals surface area (Å²) >= 11 is 4.84. The fourth-order valence-corrected chi connectivity index (χ4v) is 3.00. The summed E-state index contributed by atoms with van der Waals surface area (Å²) in [6.45, 7) is 3.22. The summed E-state index contributed by atoms with van der Waals surface area (Å²) < 4.78 is 2.68. The summed E-state index contributed by atoms with van der Waals surface area (Å²) in [5.74, 6) is 0.364. The second-order valence-electron chi connectivity index (χ2n) is 4.41. The number of aromatic nitrogens is 4. The number of benzene rings is 1. The molecule has 112 valence electrons. The molecule has 2 rings (SSSR count). The van der Waals surface area contributed by atoms with Crippen LogP contribution in [0.5, 0.6) is 0 Å². The number of hydrogen-bond acceptors (Lipinski definition) is 5. The quantitative estimate of drug-likeness (QED) is 0.730. The predicted molar refractivity (Wildman–Crippen MR) is 84.8 cm³/mol. The van der Waals surface area contributed by atoms with Gasteiger partial charge in [0, 0.05) is 24.6 Å². The van der Waals surface area contributed by atoms with Gasteiger partial charge in [0.15, 0.2) is 0 Å². The molecule has 0 aliphatic carbocycles. The molecule has 0 bridgehead atoms. The van der Waals surface area contributed by atoms with E-state index in [1.165, 1.54) is 11.8 Å². The highest BCUT2D eigenvalue weighted by molar-refractivity contribution is 9.10. The summed E-state index contributed by atoms with van der Waals surface area (Å²) in [5.41, 5.74) is 1.08. The van der Waals surface area contributed by atoms with Crippen LogP contribution < -0.4 is 0 Å². The largest absolute Gasteiger partial charge is 0.341 e. The van der Waals surface area contributed by atoms with E-state index >= 15 is 0 Å². The predicted octanol–water partition coefficient (Wildman–Crippen LogP) is 2.21. The maximum absolute atomic E-state index is 12.2. The zero-order valence-corrected chi connectivity index (χ0v) is 14.3. The molecule has 6 nitrogen and oxygen atoms in total. The minimum absolute atomic E-state index is 0.0430. The molecular formula is C13H16BrN5OS. The summed E-state index contributed by atoms with van der Waals surface area (Å²) in [4.78, 5) is 13.9. The Morgan fingerprint density at radius 2 is 2.19 bits per heavy atom. The Morgan fingerprint density at radius 3 is 2.90 bits per heavy atom. The lowest BCUT2D eigenvalue weighted by atomic mass is 10.2. The van der Waals surface area contributed by atoms with Gasteiger partial charge in [-0.25, -0.2) is 4.68 Å². The lowest BCUT2D eigenvalue weighted by Crippen LogP contribution is -2.28. The van der Waals surface area contributed by atoms with Crippen molar-refractivity contribution in [2.24, 2.45) is 0 Å². The van der Waals surface area contributed by atoms with E-state index in [-0.39, 0.29) is 5.91 Å². The number of thioether (sulfide) groups is 1. The zero-order valence-electron chi connectivity index (χ0n) is 11.9. The molecule has 0 aliphatic rings. The number of nitrogens with zero attached hydrogens (tertiary/aromatic N) is 5. The highest BCUT2D eigenvalue weighted by Crippen LogP contribution is 2.18. The third kappa shape index (κ3) is 4.28. The minimum Gasteiger partial charge on any atom is -0.341 e. The third-order valence-electron chi connectivity index (χ3n) is 2.91. The second-order valence-corrected chi connectivity index (χ2v) is 6.20. The standard InChI is InChI=1S/C13H16BrN5OS/c1-3-19-13(15-16-17-19)21-9-12(20)18(2)8-10-6-4-5-7-11(10)14/h4-7H,3,8-9H2,1-2H3. The molecule has 1 amide bonds. The molecule has 8 heteroatoms. The summed E-state index contributed by atoms with van der Waals surface area (Å²) in [5, 5.41) is 12.0. The Balaban J connectivity index is 1.90. The average Bonchev–Trinajstić information content (AvgIpc) is 2.94. The Morgan fingerprint density at radius 1 is 1.43 bits per heavy atom. The second kappa shape index (κ2) is 7.56. The van der Waals surface area contributed by atoms with Crippen molar-refractivity contribution < 1.29 is 4.79 Å². The molecule has 0 aliphatic heterocycles. The van der Waals surface area contributed by atoms with E-state index in [4.69, 9.17) is 0 Å². The first-order valence-electron chi connectivity index (χ1n) is 6.48. The van der Waals surface area contributed by atoms with Crippen LogP contribution >= 0.6 is 27.7 Å². The van der Waals surface area contributed by atoms with Crippen LogP contribution in [0.2, 0.25) is 0 Å². The number of amides is 1. The van der Waals surface area contributed by atoms with E-state index in [1.54, 1.807) is 16.6 Å². The zero-order chi connectivity index (χ0) is 15.2. The van der Waals surface area contributed by atoms with Crippen LogP contribution in [0, 0.1) is 0 Å². The summed E-state index contributed by atoms with van der Waals surface area (Å²) in [6.07, 6.45) is 0. The van der Waals surface area contributed by atoms with Gasteiger partial charge in [-0.1, -0.05) is 45.9 Å². The SMILES string of the molecule is CCn1nnnc1SCC(=O)N(C)Cc1ccccc1Br. The Labute approximate surface area is 136 Å². The highest BCUT2D eigenvalue weighted by Gasteiger charge is 2.13. The Hall–Kier alpha value is -1.41. The molecule has 0 spiro atoms. The topological polar surface area (TPSA) is 63.9 Å². The van der Waals surface area contributed by atoms with Crippen molar-refractivity contribution in [3.05, 3.63) is 34.3 Å². The molecule has 0 fully saturated rings. The number of rotatable bonds is 6. The normalized spacial score (nSPS) is 10.6. The Bertz CT molecular complexity index is 618. The van der Waals surface area contributed by atoms with E-state index < -0.39 is 0 Å². The van der Waals surface area contributed by atoms with Crippen molar-refractivity contribution in [3.63, 3.8) is 0 Å². The minimum atomic E-state index is 0.0430. The van der Waals surface area contributed by atoms with E-state index in [2.05, 4.69) is 31.5 Å². The van der Waals surface area contributed by atoms with Crippen LogP contribution in [0.4, 0.5) is 0 Å². The van der Waals surface area contributed by atoms with Crippen molar-refractivity contribution in [1.29, 1.82) is 0 Å². The molecule has 1 aromatic heterocycles. The molecule has 2 aromatic rings. The van der Waals surface area contributed by atoms with Gasteiger partial charge in [0.05, 0.1) is 5.75 Å². The van der Waals surface area contributed by atoms with E-state index in [0.29, 0.717) is 24.0 Å². The van der Waals surface area contributed by atoms with E-state index in [1.807, 2.05) is 31.2 Å². The van der Waals surface area contributed by atoms with Crippen LogP contribution in [0.1, 0.15) is 12.5 Å². The smallest absolute Gasteiger partial charge is 0.233 e. The molecule has 21 heavy (non-hydrogen) atoms. The maximum Gasteiger partial charge on any atom is 0.233 e. The van der Waals surface area contributed by atoms with Crippen molar-refractivity contribution in [1.82, 2.24) is 25.1 Å². The number of hydrogen-bond donors (Lipinski definition) is 0. The molecule has 0 saturated carbocycles. The van der Waals surface area contributed by atoms with Crippen LogP contribution in [-0.4, -0.2) is 43.8 Å². The number of aryl methyl sites for hydroxylation is 1. The molecule has 1 aromatic carbocycles. The van der Waals surface area contributed by atoms with E-state index in [0.717, 1.165) is 10.0 Å². The molecule has 0 N–H and O–H groups in total.